The summed E-state index contributed by atoms with van der Waals surface area (Å²) in [4.78, 5) is 0. The van der Waals surface area contributed by atoms with E-state index in [4.69, 9.17) is 0 Å². The molecule has 0 aromatic carbocycles. The first-order valence-corrected chi connectivity index (χ1v) is 0. The number of hydrogen-bond donors (Lipinski definition) is 0. The molecule has 0 aromatic rings. The van der Waals surface area contributed by atoms with Crippen LogP contribution in [0.25, 0.3) is 0 Å². The van der Waals surface area contributed by atoms with E-state index < -0.39 is 0 Å². The second-order valence-electron chi connectivity index (χ2n) is 0. The summed E-state index contributed by atoms with van der Waals surface area (Å²) < 4.78 is 0. The Hall–Kier alpha value is 3.14. The molecule has 0 amide bonds. The maximum Gasteiger partial charge on any atom is 0.316 e. The van der Waals surface area contributed by atoms with Gasteiger partial charge in [-0.05, 0) is 0 Å². The minimum absolute atomic E-state index is 0. The Balaban J connectivity index is 0. The van der Waals surface area contributed by atoms with Gasteiger partial charge in [0.25, 0.3) is 0 Å². The summed E-state index contributed by atoms with van der Waals surface area (Å²) in [6.45, 7) is 0. The van der Waals surface area contributed by atoms with Gasteiger partial charge in [-0.3, -0.25) is 0 Å². The third kappa shape index (κ3) is 8.94. The van der Waals surface area contributed by atoms with E-state index in [9.17, 15) is 0 Å². The molecule has 0 atom stereocenters. The summed E-state index contributed by atoms with van der Waals surface area (Å²) >= 11 is 0. The molecule has 0 saturated carbocycles. The van der Waals surface area contributed by atoms with Crippen LogP contribution in [0.1, 0.15) is 0 Å². The Morgan fingerprint density at radius 1 is 1.00 bits per heavy atom. The topological polar surface area (TPSA) is 0 Å². The Bertz CT molecular complexity index is 8.00. The van der Waals surface area contributed by atoms with E-state index in [1.165, 1.54) is 0 Å². The van der Waals surface area contributed by atoms with Crippen molar-refractivity contribution in [3.63, 3.8) is 0 Å². The Morgan fingerprint density at radius 2 is 1.00 bits per heavy atom. The predicted octanol–water partition coefficient (Wildman–Crippen LogP) is -0.924. The first kappa shape index (κ1) is 27.3. The van der Waals surface area contributed by atoms with E-state index in [1.807, 2.05) is 0 Å². The molecule has 0 aliphatic carbocycles. The van der Waals surface area contributed by atoms with Gasteiger partial charge in [-0.2, -0.15) is 0 Å². The van der Waals surface area contributed by atoms with E-state index in [2.05, 4.69) is 0 Å². The van der Waals surface area contributed by atoms with Crippen molar-refractivity contribution in [3.05, 3.63) is 0 Å². The summed E-state index contributed by atoms with van der Waals surface area (Å²) in [6, 6.07) is 0. The van der Waals surface area contributed by atoms with Crippen molar-refractivity contribution in [2.75, 3.05) is 0 Å². The van der Waals surface area contributed by atoms with Gasteiger partial charge >= 0.3 is 23.1 Å². The van der Waals surface area contributed by atoms with Gasteiger partial charge in [-0.15, -0.1) is 0 Å². The largest absolute Gasteiger partial charge is 0.316 e. The summed E-state index contributed by atoms with van der Waals surface area (Å²) in [6.07, 6.45) is 0. The van der Waals surface area contributed by atoms with Crippen LogP contribution in [0.2, 0.25) is 0 Å². The zero-order valence-electron chi connectivity index (χ0n) is 1.78. The maximum atomic E-state index is 0. The summed E-state index contributed by atoms with van der Waals surface area (Å²) in [5.41, 5.74) is 0. The van der Waals surface area contributed by atoms with Crippen molar-refractivity contribution in [3.8, 4) is 0 Å². The molecule has 1 radical (unpaired) electrons. The van der Waals surface area contributed by atoms with Crippen molar-refractivity contribution < 1.29 is 71.5 Å². The molecular weight excluding hydrogens is 226 g/mol. The zero-order valence-corrected chi connectivity index (χ0v) is 9.01. The average Bonchev–Trinajstić information content (AvgIpc) is 0. The van der Waals surface area contributed by atoms with Gasteiger partial charge in [-0.25, -0.2) is 0 Å². The van der Waals surface area contributed by atoms with Crippen molar-refractivity contribution in [2.24, 2.45) is 0 Å². The Kier molecular flexibility index (Phi) is 112. The zero-order chi connectivity index (χ0) is 0. The second kappa shape index (κ2) is 16.4. The van der Waals surface area contributed by atoms with Crippen LogP contribution in [-0.2, 0) is 71.5 Å². The molecule has 0 aliphatic heterocycles. The number of rotatable bonds is 0. The number of hydrogen-bond acceptors (Lipinski definition) is 0. The molecule has 0 rings (SSSR count). The molecule has 0 aliphatic rings. The van der Waals surface area contributed by atoms with Crippen LogP contribution in [-0.4, -0.2) is 23.1 Å². The standard InChI is InChI=1S/Mg.Sc.Zn.Zr.2H. The van der Waals surface area contributed by atoms with E-state index in [0.29, 0.717) is 0 Å². The molecular formula is H2MgScZnZr. The van der Waals surface area contributed by atoms with E-state index >= 15 is 0 Å². The van der Waals surface area contributed by atoms with E-state index in [0.717, 1.165) is 0 Å². The third-order valence-electron chi connectivity index (χ3n) is 0. The third-order valence-corrected chi connectivity index (χ3v) is 0. The molecule has 4 heteroatoms. The average molecular weight is 228 g/mol. The molecule has 0 N–H and O–H groups in total. The Labute approximate surface area is 92.7 Å². The van der Waals surface area contributed by atoms with Crippen molar-refractivity contribution in [2.45, 2.75) is 0 Å². The first-order valence-electron chi connectivity index (χ1n) is 0. The van der Waals surface area contributed by atoms with Gasteiger partial charge in [0, 0.05) is 71.5 Å². The van der Waals surface area contributed by atoms with Crippen molar-refractivity contribution in [1.82, 2.24) is 0 Å². The van der Waals surface area contributed by atoms with Crippen LogP contribution in [0.15, 0.2) is 0 Å². The van der Waals surface area contributed by atoms with E-state index in [-0.39, 0.29) is 94.6 Å². The molecule has 0 bridgehead atoms. The van der Waals surface area contributed by atoms with Crippen LogP contribution in [0, 0.1) is 0 Å². The fourth-order valence-electron chi connectivity index (χ4n) is 0. The SMILES string of the molecule is [MgH2].[Sc].[Zn].[Zr]. The quantitative estimate of drug-likeness (QED) is 0.470. The van der Waals surface area contributed by atoms with Gasteiger partial charge in [0.2, 0.25) is 0 Å². The minimum Gasteiger partial charge on any atom is 0 e. The van der Waals surface area contributed by atoms with Gasteiger partial charge in [-0.1, -0.05) is 0 Å². The van der Waals surface area contributed by atoms with Gasteiger partial charge in [0.05, 0.1) is 0 Å². The molecule has 0 nitrogen and oxygen atoms in total. The molecule has 0 spiro atoms. The molecule has 0 heterocycles. The van der Waals surface area contributed by atoms with Crippen LogP contribution in [0.4, 0.5) is 0 Å². The first-order chi connectivity index (χ1) is 0. The molecule has 13 valence electrons. The minimum atomic E-state index is 0. The van der Waals surface area contributed by atoms with Crippen molar-refractivity contribution in [1.29, 1.82) is 0 Å². The molecule has 0 fully saturated rings. The Morgan fingerprint density at radius 3 is 1.00 bits per heavy atom. The fourth-order valence-corrected chi connectivity index (χ4v) is 0. The predicted molar refractivity (Wildman–Crippen MR) is 8.54 cm³/mol. The van der Waals surface area contributed by atoms with Gasteiger partial charge < -0.3 is 0 Å². The van der Waals surface area contributed by atoms with Crippen LogP contribution in [0.5, 0.6) is 0 Å². The summed E-state index contributed by atoms with van der Waals surface area (Å²) in [7, 11) is 0. The monoisotopic (exact) mass is 225 g/mol. The van der Waals surface area contributed by atoms with Gasteiger partial charge in [0.1, 0.15) is 0 Å². The molecule has 4 heavy (non-hydrogen) atoms. The summed E-state index contributed by atoms with van der Waals surface area (Å²) in [5.74, 6) is 0. The van der Waals surface area contributed by atoms with Gasteiger partial charge in [0.15, 0.2) is 0 Å². The fraction of sp³-hybridized carbons (Fsp3) is 0. The summed E-state index contributed by atoms with van der Waals surface area (Å²) in [5, 5.41) is 0. The smallest absolute Gasteiger partial charge is 0 e. The van der Waals surface area contributed by atoms with Crippen LogP contribution in [0.3, 0.4) is 0 Å². The maximum absolute atomic E-state index is 0. The van der Waals surface area contributed by atoms with Crippen LogP contribution < -0.4 is 0 Å². The second-order valence-corrected chi connectivity index (χ2v) is 0. The van der Waals surface area contributed by atoms with Crippen LogP contribution >= 0.6 is 0 Å². The molecule has 0 saturated heterocycles. The molecule has 0 aromatic heterocycles. The van der Waals surface area contributed by atoms with Crippen molar-refractivity contribution >= 4 is 23.1 Å². The van der Waals surface area contributed by atoms with E-state index in [1.54, 1.807) is 0 Å². The molecule has 0 unspecified atom stereocenters. The normalized spacial score (nSPS) is 0.